The average molecular weight is 219 g/mol. The van der Waals surface area contributed by atoms with Crippen molar-refractivity contribution in [1.29, 1.82) is 0 Å². The Morgan fingerprint density at radius 3 is 2.44 bits per heavy atom. The van der Waals surface area contributed by atoms with Gasteiger partial charge in [0.2, 0.25) is 0 Å². The number of hydrogen-bond acceptors (Lipinski definition) is 2. The molecule has 2 heteroatoms. The molecule has 0 saturated heterocycles. The summed E-state index contributed by atoms with van der Waals surface area (Å²) in [6.07, 6.45) is 5.23. The zero-order valence-electron chi connectivity index (χ0n) is 10.4. The highest BCUT2D eigenvalue weighted by molar-refractivity contribution is 5.59. The van der Waals surface area contributed by atoms with Crippen LogP contribution < -0.4 is 0 Å². The van der Waals surface area contributed by atoms with Crippen molar-refractivity contribution in [3.8, 4) is 0 Å². The van der Waals surface area contributed by atoms with Gasteiger partial charge < -0.3 is 4.84 Å². The van der Waals surface area contributed by atoms with Gasteiger partial charge in [-0.2, -0.15) is 0 Å². The van der Waals surface area contributed by atoms with Gasteiger partial charge in [0, 0.05) is 6.21 Å². The molecule has 2 nitrogen and oxygen atoms in total. The highest BCUT2D eigenvalue weighted by atomic mass is 16.6. The van der Waals surface area contributed by atoms with E-state index < -0.39 is 0 Å². The van der Waals surface area contributed by atoms with Gasteiger partial charge in [0.25, 0.3) is 0 Å². The van der Waals surface area contributed by atoms with Crippen molar-refractivity contribution in [1.82, 2.24) is 0 Å². The molecule has 1 aromatic carbocycles. The second kappa shape index (κ2) is 7.04. The summed E-state index contributed by atoms with van der Waals surface area (Å²) in [4.78, 5) is 4.67. The molecule has 1 unspecified atom stereocenters. The van der Waals surface area contributed by atoms with Crippen molar-refractivity contribution >= 4 is 6.21 Å². The fourth-order valence-electron chi connectivity index (χ4n) is 1.72. The van der Waals surface area contributed by atoms with Gasteiger partial charge in [-0.15, -0.1) is 0 Å². The first-order chi connectivity index (χ1) is 7.76. The Labute approximate surface area is 98.3 Å². The van der Waals surface area contributed by atoms with Crippen molar-refractivity contribution in [3.63, 3.8) is 0 Å². The first-order valence-electron chi connectivity index (χ1n) is 5.90. The lowest BCUT2D eigenvalue weighted by Gasteiger charge is -2.06. The summed E-state index contributed by atoms with van der Waals surface area (Å²) in [5.41, 5.74) is 2.78. The van der Waals surface area contributed by atoms with Crippen LogP contribution in [-0.2, 0) is 17.7 Å². The van der Waals surface area contributed by atoms with E-state index >= 15 is 0 Å². The number of nitrogens with zero attached hydrogens (tertiary/aromatic N) is 1. The maximum Gasteiger partial charge on any atom is 0.106 e. The van der Waals surface area contributed by atoms with Gasteiger partial charge in [-0.3, -0.25) is 0 Å². The smallest absolute Gasteiger partial charge is 0.106 e. The zero-order valence-corrected chi connectivity index (χ0v) is 10.4. The van der Waals surface area contributed by atoms with E-state index in [2.05, 4.69) is 48.1 Å². The topological polar surface area (TPSA) is 21.6 Å². The molecule has 1 atom stereocenters. The molecule has 0 fully saturated rings. The van der Waals surface area contributed by atoms with E-state index in [1.165, 1.54) is 24.0 Å². The van der Waals surface area contributed by atoms with Gasteiger partial charge in [0.15, 0.2) is 0 Å². The number of hydrogen-bond donors (Lipinski definition) is 0. The van der Waals surface area contributed by atoms with Gasteiger partial charge >= 0.3 is 0 Å². The van der Waals surface area contributed by atoms with E-state index in [1.807, 2.05) is 6.21 Å². The van der Waals surface area contributed by atoms with E-state index in [9.17, 15) is 0 Å². The van der Waals surface area contributed by atoms with Crippen LogP contribution in [0.4, 0.5) is 0 Å². The van der Waals surface area contributed by atoms with Crippen LogP contribution in [0.5, 0.6) is 0 Å². The molecule has 0 aliphatic rings. The molecule has 0 N–H and O–H groups in total. The lowest BCUT2D eigenvalue weighted by Crippen LogP contribution is -2.01. The average Bonchev–Trinajstić information content (AvgIpc) is 2.29. The van der Waals surface area contributed by atoms with Gasteiger partial charge in [-0.25, -0.2) is 0 Å². The van der Waals surface area contributed by atoms with E-state index in [-0.39, 0.29) is 0 Å². The van der Waals surface area contributed by atoms with E-state index in [1.54, 1.807) is 7.11 Å². The van der Waals surface area contributed by atoms with Crippen LogP contribution in [0.15, 0.2) is 29.4 Å². The van der Waals surface area contributed by atoms with Gasteiger partial charge in [-0.05, 0) is 29.9 Å². The molecule has 0 aromatic heterocycles. The summed E-state index contributed by atoms with van der Waals surface area (Å²) in [7, 11) is 1.57. The minimum Gasteiger partial charge on any atom is -0.399 e. The maximum atomic E-state index is 4.67. The van der Waals surface area contributed by atoms with Crippen LogP contribution in [0.1, 0.15) is 31.4 Å². The predicted octanol–water partition coefficient (Wildman–Crippen LogP) is 3.45. The Morgan fingerprint density at radius 1 is 1.25 bits per heavy atom. The Bertz CT molecular complexity index is 316. The Morgan fingerprint density at radius 2 is 1.88 bits per heavy atom. The molecule has 0 spiro atoms. The fraction of sp³-hybridized carbons (Fsp3) is 0.500. The van der Waals surface area contributed by atoms with Crippen molar-refractivity contribution in [2.45, 2.75) is 33.1 Å². The fourth-order valence-corrected chi connectivity index (χ4v) is 1.72. The maximum absolute atomic E-state index is 4.67. The van der Waals surface area contributed by atoms with Crippen molar-refractivity contribution < 1.29 is 4.84 Å². The highest BCUT2D eigenvalue weighted by Gasteiger charge is 2.01. The predicted molar refractivity (Wildman–Crippen MR) is 68.8 cm³/mol. The molecule has 0 aliphatic heterocycles. The molecule has 0 saturated carbocycles. The van der Waals surface area contributed by atoms with Crippen LogP contribution in [-0.4, -0.2) is 13.3 Å². The molecule has 0 aliphatic carbocycles. The number of rotatable bonds is 6. The summed E-state index contributed by atoms with van der Waals surface area (Å²) in [5.74, 6) is 0.414. The molecule has 0 heterocycles. The summed E-state index contributed by atoms with van der Waals surface area (Å²) in [6, 6.07) is 8.86. The molecule has 1 aromatic rings. The molecule has 16 heavy (non-hydrogen) atoms. The largest absolute Gasteiger partial charge is 0.399 e. The van der Waals surface area contributed by atoms with Gasteiger partial charge in [-0.1, -0.05) is 49.7 Å². The van der Waals surface area contributed by atoms with Crippen LogP contribution >= 0.6 is 0 Å². The minimum absolute atomic E-state index is 0.414. The molecule has 0 bridgehead atoms. The number of benzene rings is 1. The first kappa shape index (κ1) is 12.8. The third-order valence-electron chi connectivity index (χ3n) is 2.54. The summed E-state index contributed by atoms with van der Waals surface area (Å²) in [6.45, 7) is 4.35. The first-order valence-corrected chi connectivity index (χ1v) is 5.90. The van der Waals surface area contributed by atoms with Crippen LogP contribution in [0.3, 0.4) is 0 Å². The third kappa shape index (κ3) is 4.47. The second-order valence-electron chi connectivity index (χ2n) is 4.18. The Hall–Kier alpha value is -1.31. The zero-order chi connectivity index (χ0) is 11.8. The summed E-state index contributed by atoms with van der Waals surface area (Å²) < 4.78 is 0. The normalized spacial score (nSPS) is 12.9. The van der Waals surface area contributed by atoms with Gasteiger partial charge in [0.05, 0.1) is 0 Å². The highest BCUT2D eigenvalue weighted by Crippen LogP contribution is 2.10. The van der Waals surface area contributed by atoms with Crippen molar-refractivity contribution in [2.24, 2.45) is 11.1 Å². The Kier molecular flexibility index (Phi) is 5.62. The van der Waals surface area contributed by atoms with E-state index in [4.69, 9.17) is 0 Å². The van der Waals surface area contributed by atoms with E-state index in [0.717, 1.165) is 6.42 Å². The van der Waals surface area contributed by atoms with Crippen LogP contribution in [0.25, 0.3) is 0 Å². The third-order valence-corrected chi connectivity index (χ3v) is 2.54. The minimum atomic E-state index is 0.414. The SMILES string of the molecule is CCCc1ccc(CC(C)/C=N/OC)cc1. The van der Waals surface area contributed by atoms with Gasteiger partial charge in [0.1, 0.15) is 7.11 Å². The molecule has 88 valence electrons. The molecular weight excluding hydrogens is 198 g/mol. The van der Waals surface area contributed by atoms with Crippen LogP contribution in [0, 0.1) is 5.92 Å². The van der Waals surface area contributed by atoms with Crippen molar-refractivity contribution in [3.05, 3.63) is 35.4 Å². The molecule has 0 amide bonds. The monoisotopic (exact) mass is 219 g/mol. The summed E-state index contributed by atoms with van der Waals surface area (Å²) in [5, 5.41) is 3.79. The van der Waals surface area contributed by atoms with E-state index in [0.29, 0.717) is 5.92 Å². The molecule has 0 radical (unpaired) electrons. The summed E-state index contributed by atoms with van der Waals surface area (Å²) >= 11 is 0. The lowest BCUT2D eigenvalue weighted by molar-refractivity contribution is 0.213. The number of aryl methyl sites for hydroxylation is 1. The standard InChI is InChI=1S/C14H21NO/c1-4-5-13-6-8-14(9-7-13)10-12(2)11-15-16-3/h6-9,11-12H,4-5,10H2,1-3H3/b15-11+. The Balaban J connectivity index is 2.51. The molecule has 1 rings (SSSR count). The van der Waals surface area contributed by atoms with Crippen LogP contribution in [0.2, 0.25) is 0 Å². The lowest BCUT2D eigenvalue weighted by atomic mass is 10.00. The second-order valence-corrected chi connectivity index (χ2v) is 4.18. The number of oxime groups is 1. The molecular formula is C14H21NO. The van der Waals surface area contributed by atoms with Crippen molar-refractivity contribution in [2.75, 3.05) is 7.11 Å². The quantitative estimate of drug-likeness (QED) is 0.530.